The summed E-state index contributed by atoms with van der Waals surface area (Å²) in [5.41, 5.74) is -1.11. The van der Waals surface area contributed by atoms with Crippen molar-refractivity contribution in [2.75, 3.05) is 0 Å². The molecule has 3 rings (SSSR count). The number of fused-ring (bicyclic) bond motifs is 2. The van der Waals surface area contributed by atoms with Gasteiger partial charge in [-0.3, -0.25) is 4.79 Å². The zero-order chi connectivity index (χ0) is 8.06. The van der Waals surface area contributed by atoms with E-state index in [1.54, 1.807) is 0 Å². The Balaban J connectivity index is 2.04. The van der Waals surface area contributed by atoms with E-state index in [2.05, 4.69) is 0 Å². The summed E-state index contributed by atoms with van der Waals surface area (Å²) in [5, 5.41) is 8.62. The molecule has 1 unspecified atom stereocenters. The first-order chi connectivity index (χ1) is 5.09. The maximum atomic E-state index is 13.3. The van der Waals surface area contributed by atoms with Gasteiger partial charge in [0.15, 0.2) is 0 Å². The summed E-state index contributed by atoms with van der Waals surface area (Å²) in [6.07, 6.45) is 2.16. The van der Waals surface area contributed by atoms with Crippen molar-refractivity contribution in [2.24, 2.45) is 11.8 Å². The Kier molecular flexibility index (Phi) is 1.26. The molecule has 1 atom stereocenters. The molecule has 3 aliphatic rings. The number of carbonyl (C=O) groups is 1. The van der Waals surface area contributed by atoms with Gasteiger partial charge in [0, 0.05) is 0 Å². The molecule has 0 amide bonds. The van der Waals surface area contributed by atoms with Crippen LogP contribution in [0.25, 0.3) is 0 Å². The van der Waals surface area contributed by atoms with Crippen LogP contribution in [0.3, 0.4) is 0 Å². The fourth-order valence-electron chi connectivity index (χ4n) is 2.42. The maximum Gasteiger partial charge on any atom is 0.306 e. The lowest BCUT2D eigenvalue weighted by molar-refractivity contribution is -0.152. The molecule has 1 N–H and O–H groups in total. The molecule has 0 radical (unpaired) electrons. The van der Waals surface area contributed by atoms with Gasteiger partial charge in [0.25, 0.3) is 0 Å². The van der Waals surface area contributed by atoms with Crippen LogP contribution in [0.1, 0.15) is 25.7 Å². The minimum Gasteiger partial charge on any atom is -0.481 e. The van der Waals surface area contributed by atoms with Crippen LogP contribution >= 0.6 is 0 Å². The van der Waals surface area contributed by atoms with Crippen molar-refractivity contribution in [3.8, 4) is 0 Å². The van der Waals surface area contributed by atoms with Crippen LogP contribution in [0.15, 0.2) is 0 Å². The highest BCUT2D eigenvalue weighted by atomic mass is 19.1. The van der Waals surface area contributed by atoms with E-state index in [4.69, 9.17) is 5.11 Å². The van der Waals surface area contributed by atoms with Crippen molar-refractivity contribution >= 4 is 5.97 Å². The van der Waals surface area contributed by atoms with Crippen molar-refractivity contribution in [2.45, 2.75) is 31.4 Å². The van der Waals surface area contributed by atoms with Crippen molar-refractivity contribution in [1.82, 2.24) is 0 Å². The van der Waals surface area contributed by atoms with Crippen LogP contribution in [0.4, 0.5) is 4.39 Å². The van der Waals surface area contributed by atoms with Crippen molar-refractivity contribution in [3.05, 3.63) is 0 Å². The van der Waals surface area contributed by atoms with E-state index in [1.165, 1.54) is 0 Å². The molecule has 3 aliphatic carbocycles. The van der Waals surface area contributed by atoms with Crippen LogP contribution in [0, 0.1) is 11.8 Å². The average molecular weight is 158 g/mol. The third-order valence-electron chi connectivity index (χ3n) is 2.89. The van der Waals surface area contributed by atoms with Crippen molar-refractivity contribution in [1.29, 1.82) is 0 Å². The number of hydrogen-bond donors (Lipinski definition) is 1. The van der Waals surface area contributed by atoms with Gasteiger partial charge in [0.2, 0.25) is 0 Å². The zero-order valence-corrected chi connectivity index (χ0v) is 6.22. The number of hydrogen-bond acceptors (Lipinski definition) is 1. The topological polar surface area (TPSA) is 37.3 Å². The van der Waals surface area contributed by atoms with Crippen molar-refractivity contribution < 1.29 is 14.3 Å². The van der Waals surface area contributed by atoms with E-state index in [9.17, 15) is 9.18 Å². The van der Waals surface area contributed by atoms with E-state index in [0.29, 0.717) is 25.2 Å². The Hall–Kier alpha value is -0.600. The van der Waals surface area contributed by atoms with Crippen LogP contribution in [0.5, 0.6) is 0 Å². The largest absolute Gasteiger partial charge is 0.481 e. The predicted octanol–water partition coefficient (Wildman–Crippen LogP) is 1.60. The number of halogens is 1. The average Bonchev–Trinajstić information content (AvgIpc) is 1.84. The van der Waals surface area contributed by atoms with Gasteiger partial charge in [-0.1, -0.05) is 0 Å². The lowest BCUT2D eigenvalue weighted by atomic mass is 9.59. The third-order valence-corrected chi connectivity index (χ3v) is 2.89. The highest BCUT2D eigenvalue weighted by Gasteiger charge is 2.52. The van der Waals surface area contributed by atoms with Crippen LogP contribution < -0.4 is 0 Å². The fourth-order valence-corrected chi connectivity index (χ4v) is 2.42. The number of carboxylic acid groups (broad SMARTS) is 1. The van der Waals surface area contributed by atoms with Gasteiger partial charge in [-0.15, -0.1) is 0 Å². The monoisotopic (exact) mass is 158 g/mol. The van der Waals surface area contributed by atoms with Gasteiger partial charge in [-0.2, -0.15) is 0 Å². The van der Waals surface area contributed by atoms with Gasteiger partial charge >= 0.3 is 5.97 Å². The molecule has 3 fully saturated rings. The number of alkyl halides is 1. The molecule has 2 nitrogen and oxygen atoms in total. The van der Waals surface area contributed by atoms with E-state index < -0.39 is 17.6 Å². The number of aliphatic carboxylic acids is 1. The molecule has 11 heavy (non-hydrogen) atoms. The minimum absolute atomic E-state index is 0.249. The van der Waals surface area contributed by atoms with Gasteiger partial charge in [-0.25, -0.2) is 4.39 Å². The highest BCUT2D eigenvalue weighted by molar-refractivity contribution is 5.70. The summed E-state index contributed by atoms with van der Waals surface area (Å²) >= 11 is 0. The Morgan fingerprint density at radius 1 is 1.45 bits per heavy atom. The Bertz CT molecular complexity index is 196. The summed E-state index contributed by atoms with van der Waals surface area (Å²) in [7, 11) is 0. The molecule has 0 aliphatic heterocycles. The third kappa shape index (κ3) is 1.03. The quantitative estimate of drug-likeness (QED) is 0.629. The molecular weight excluding hydrogens is 147 g/mol. The van der Waals surface area contributed by atoms with Crippen molar-refractivity contribution in [3.63, 3.8) is 0 Å². The van der Waals surface area contributed by atoms with Crippen LogP contribution in [0.2, 0.25) is 0 Å². The normalized spacial score (nSPS) is 48.1. The molecule has 0 spiro atoms. The van der Waals surface area contributed by atoms with E-state index in [-0.39, 0.29) is 6.42 Å². The minimum atomic E-state index is -1.11. The second-order valence-electron chi connectivity index (χ2n) is 3.90. The van der Waals surface area contributed by atoms with Gasteiger partial charge in [0.1, 0.15) is 5.67 Å². The fraction of sp³-hybridized carbons (Fsp3) is 0.875. The Morgan fingerprint density at radius 2 is 2.09 bits per heavy atom. The Morgan fingerprint density at radius 3 is 2.45 bits per heavy atom. The molecule has 0 aromatic rings. The summed E-state index contributed by atoms with van der Waals surface area (Å²) in [5.74, 6) is -0.876. The molecule has 0 aromatic carbocycles. The Labute approximate surface area is 64.4 Å². The molecular formula is C8H11FO2. The van der Waals surface area contributed by atoms with Gasteiger partial charge in [0.05, 0.1) is 5.92 Å². The smallest absolute Gasteiger partial charge is 0.306 e. The first-order valence-corrected chi connectivity index (χ1v) is 4.01. The van der Waals surface area contributed by atoms with E-state index in [1.807, 2.05) is 0 Å². The summed E-state index contributed by atoms with van der Waals surface area (Å²) in [6, 6.07) is 0. The summed E-state index contributed by atoms with van der Waals surface area (Å²) < 4.78 is 13.3. The first kappa shape index (κ1) is 7.07. The van der Waals surface area contributed by atoms with Gasteiger partial charge in [-0.05, 0) is 31.6 Å². The molecule has 0 heterocycles. The summed E-state index contributed by atoms with van der Waals surface area (Å²) in [4.78, 5) is 10.5. The number of carboxylic acids is 1. The molecule has 3 saturated carbocycles. The van der Waals surface area contributed by atoms with Crippen LogP contribution in [-0.4, -0.2) is 16.7 Å². The standard InChI is InChI=1S/C8H11FO2/c9-8-2-5(3-8)1-6(4-8)7(10)11/h5-6H,1-4H2,(H,10,11). The maximum absolute atomic E-state index is 13.3. The number of rotatable bonds is 1. The molecule has 2 bridgehead atoms. The highest BCUT2D eigenvalue weighted by Crippen LogP contribution is 2.53. The lowest BCUT2D eigenvalue weighted by Crippen LogP contribution is -2.48. The SMILES string of the molecule is O=C(O)C1CC2CC(F)(C2)C1. The van der Waals surface area contributed by atoms with E-state index >= 15 is 0 Å². The molecule has 0 saturated heterocycles. The van der Waals surface area contributed by atoms with Crippen LogP contribution in [-0.2, 0) is 4.79 Å². The molecule has 0 aromatic heterocycles. The molecule has 3 heteroatoms. The first-order valence-electron chi connectivity index (χ1n) is 4.01. The lowest BCUT2D eigenvalue weighted by Gasteiger charge is -2.48. The second kappa shape index (κ2) is 1.96. The van der Waals surface area contributed by atoms with Gasteiger partial charge < -0.3 is 5.11 Å². The molecule has 62 valence electrons. The second-order valence-corrected chi connectivity index (χ2v) is 3.90. The predicted molar refractivity (Wildman–Crippen MR) is 36.9 cm³/mol. The van der Waals surface area contributed by atoms with E-state index in [0.717, 1.165) is 0 Å². The zero-order valence-electron chi connectivity index (χ0n) is 6.22. The summed E-state index contributed by atoms with van der Waals surface area (Å²) in [6.45, 7) is 0.